The fourth-order valence-electron chi connectivity index (χ4n) is 3.50. The summed E-state index contributed by atoms with van der Waals surface area (Å²) in [6, 6.07) is 50.5. The van der Waals surface area contributed by atoms with E-state index in [1.165, 1.54) is 0 Å². The first kappa shape index (κ1) is 22.4. The molecule has 3 nitrogen and oxygen atoms in total. The smallest absolute Gasteiger partial charge is 0.0991 e. The molecule has 0 atom stereocenters. The topological polar surface area (TPSA) is 39.1 Å². The van der Waals surface area contributed by atoms with E-state index in [1.807, 2.05) is 121 Å². The molecule has 0 amide bonds. The first-order chi connectivity index (χ1) is 16.8. The maximum absolute atomic E-state index is 8.94. The molecule has 0 saturated heterocycles. The van der Waals surface area contributed by atoms with Gasteiger partial charge in [-0.15, -0.1) is 0 Å². The number of nitrogens with zero attached hydrogens (tertiary/aromatic N) is 2. The average molecular weight is 440 g/mol. The summed E-state index contributed by atoms with van der Waals surface area (Å²) in [6.45, 7) is 0. The van der Waals surface area contributed by atoms with Crippen molar-refractivity contribution in [1.29, 1.82) is 5.26 Å². The number of hydrogen-bond acceptors (Lipinski definition) is 3. The van der Waals surface area contributed by atoms with Crippen molar-refractivity contribution in [3.63, 3.8) is 0 Å². The summed E-state index contributed by atoms with van der Waals surface area (Å²) in [7, 11) is 0. The maximum atomic E-state index is 8.94. The van der Waals surface area contributed by atoms with E-state index in [-0.39, 0.29) is 0 Å². The van der Waals surface area contributed by atoms with Gasteiger partial charge in [0.15, 0.2) is 0 Å². The number of nitrogens with one attached hydrogen (secondary N) is 1. The second-order valence-electron chi connectivity index (χ2n) is 7.52. The summed E-state index contributed by atoms with van der Waals surface area (Å²) >= 11 is 0. The molecule has 0 aliphatic carbocycles. The SMILES string of the molecule is N#Cc1ccc(N(c2ccccc2)c2ccccc2)cc1.c1ccc(Nc2ccccc2)cc1. The average Bonchev–Trinajstić information content (AvgIpc) is 2.92. The number of rotatable bonds is 5. The molecular weight excluding hydrogens is 414 g/mol. The molecule has 34 heavy (non-hydrogen) atoms. The molecule has 0 unspecified atom stereocenters. The predicted molar refractivity (Wildman–Crippen MR) is 142 cm³/mol. The van der Waals surface area contributed by atoms with Gasteiger partial charge in [0.05, 0.1) is 11.6 Å². The Balaban J connectivity index is 0.000000180. The van der Waals surface area contributed by atoms with Crippen LogP contribution in [-0.2, 0) is 0 Å². The Morgan fingerprint density at radius 2 is 0.794 bits per heavy atom. The summed E-state index contributed by atoms with van der Waals surface area (Å²) in [5.41, 5.74) is 6.12. The normalized spacial score (nSPS) is 9.74. The van der Waals surface area contributed by atoms with Gasteiger partial charge < -0.3 is 10.2 Å². The van der Waals surface area contributed by atoms with Crippen LogP contribution in [0.5, 0.6) is 0 Å². The zero-order chi connectivity index (χ0) is 23.4. The van der Waals surface area contributed by atoms with E-state index >= 15 is 0 Å². The minimum absolute atomic E-state index is 0.667. The van der Waals surface area contributed by atoms with Crippen LogP contribution in [0.4, 0.5) is 28.4 Å². The molecule has 0 aliphatic rings. The summed E-state index contributed by atoms with van der Waals surface area (Å²) in [5.74, 6) is 0. The number of para-hydroxylation sites is 4. The highest BCUT2D eigenvalue weighted by Crippen LogP contribution is 2.33. The van der Waals surface area contributed by atoms with Crippen LogP contribution in [0.2, 0.25) is 0 Å². The van der Waals surface area contributed by atoms with Crippen LogP contribution >= 0.6 is 0 Å². The summed E-state index contributed by atoms with van der Waals surface area (Å²) in [4.78, 5) is 2.17. The van der Waals surface area contributed by atoms with Crippen molar-refractivity contribution in [3.8, 4) is 6.07 Å². The quantitative estimate of drug-likeness (QED) is 0.298. The molecule has 164 valence electrons. The fourth-order valence-corrected chi connectivity index (χ4v) is 3.50. The van der Waals surface area contributed by atoms with Gasteiger partial charge in [0, 0.05) is 28.4 Å². The fraction of sp³-hybridized carbons (Fsp3) is 0. The van der Waals surface area contributed by atoms with E-state index in [4.69, 9.17) is 5.26 Å². The van der Waals surface area contributed by atoms with Gasteiger partial charge in [-0.05, 0) is 72.8 Å². The van der Waals surface area contributed by atoms with Gasteiger partial charge in [0.25, 0.3) is 0 Å². The second kappa shape index (κ2) is 11.7. The van der Waals surface area contributed by atoms with Gasteiger partial charge in [0.2, 0.25) is 0 Å². The lowest BCUT2D eigenvalue weighted by molar-refractivity contribution is 1.28. The molecule has 1 N–H and O–H groups in total. The molecule has 0 radical (unpaired) electrons. The van der Waals surface area contributed by atoms with Crippen LogP contribution in [0.25, 0.3) is 0 Å². The lowest BCUT2D eigenvalue weighted by Crippen LogP contribution is -2.09. The molecule has 0 aromatic heterocycles. The maximum Gasteiger partial charge on any atom is 0.0991 e. The Labute approximate surface area is 201 Å². The van der Waals surface area contributed by atoms with Crippen LogP contribution in [0.1, 0.15) is 5.56 Å². The zero-order valence-electron chi connectivity index (χ0n) is 18.8. The monoisotopic (exact) mass is 439 g/mol. The van der Waals surface area contributed by atoms with E-state index in [9.17, 15) is 0 Å². The zero-order valence-corrected chi connectivity index (χ0v) is 18.8. The first-order valence-corrected chi connectivity index (χ1v) is 11.1. The van der Waals surface area contributed by atoms with Crippen molar-refractivity contribution in [1.82, 2.24) is 0 Å². The van der Waals surface area contributed by atoms with E-state index in [2.05, 4.69) is 40.6 Å². The molecule has 0 heterocycles. The Morgan fingerprint density at radius 3 is 1.18 bits per heavy atom. The summed E-state index contributed by atoms with van der Waals surface area (Å²) in [6.07, 6.45) is 0. The first-order valence-electron chi connectivity index (χ1n) is 11.1. The Kier molecular flexibility index (Phi) is 7.71. The van der Waals surface area contributed by atoms with Crippen LogP contribution in [0.15, 0.2) is 146 Å². The van der Waals surface area contributed by atoms with Crippen LogP contribution in [0, 0.1) is 11.3 Å². The van der Waals surface area contributed by atoms with Gasteiger partial charge in [0.1, 0.15) is 0 Å². The number of anilines is 5. The van der Waals surface area contributed by atoms with Crippen LogP contribution < -0.4 is 10.2 Å². The Bertz CT molecular complexity index is 1220. The van der Waals surface area contributed by atoms with Crippen molar-refractivity contribution in [3.05, 3.63) is 151 Å². The predicted octanol–water partition coefficient (Wildman–Crippen LogP) is 8.46. The molecular formula is C31H25N3. The van der Waals surface area contributed by atoms with Gasteiger partial charge in [-0.2, -0.15) is 5.26 Å². The molecule has 0 aliphatic heterocycles. The molecule has 3 heteroatoms. The van der Waals surface area contributed by atoms with E-state index in [0.29, 0.717) is 5.56 Å². The molecule has 5 rings (SSSR count). The van der Waals surface area contributed by atoms with Crippen molar-refractivity contribution in [2.24, 2.45) is 0 Å². The van der Waals surface area contributed by atoms with Crippen LogP contribution in [-0.4, -0.2) is 0 Å². The van der Waals surface area contributed by atoms with E-state index in [1.54, 1.807) is 0 Å². The minimum Gasteiger partial charge on any atom is -0.356 e. The van der Waals surface area contributed by atoms with E-state index in [0.717, 1.165) is 28.4 Å². The summed E-state index contributed by atoms with van der Waals surface area (Å²) in [5, 5.41) is 12.2. The number of benzene rings is 5. The Morgan fingerprint density at radius 1 is 0.441 bits per heavy atom. The van der Waals surface area contributed by atoms with Gasteiger partial charge >= 0.3 is 0 Å². The third-order valence-electron chi connectivity index (χ3n) is 5.12. The molecule has 5 aromatic rings. The summed E-state index contributed by atoms with van der Waals surface area (Å²) < 4.78 is 0. The molecule has 0 spiro atoms. The lowest BCUT2D eigenvalue weighted by Gasteiger charge is -2.25. The standard InChI is InChI=1S/C19H14N2.C12H11N/c20-15-16-11-13-19(14-12-16)21(17-7-3-1-4-8-17)18-9-5-2-6-10-18;1-3-7-11(8-4-1)13-12-9-5-2-6-10-12/h1-14H;1-10,13H. The number of hydrogen-bond donors (Lipinski definition) is 1. The lowest BCUT2D eigenvalue weighted by atomic mass is 10.1. The van der Waals surface area contributed by atoms with E-state index < -0.39 is 0 Å². The largest absolute Gasteiger partial charge is 0.356 e. The number of nitriles is 1. The molecule has 0 fully saturated rings. The van der Waals surface area contributed by atoms with Gasteiger partial charge in [-0.1, -0.05) is 72.8 Å². The van der Waals surface area contributed by atoms with Gasteiger partial charge in [-0.25, -0.2) is 0 Å². The molecule has 5 aromatic carbocycles. The Hall–Kier alpha value is -4.81. The van der Waals surface area contributed by atoms with Crippen molar-refractivity contribution in [2.45, 2.75) is 0 Å². The minimum atomic E-state index is 0.667. The highest BCUT2D eigenvalue weighted by molar-refractivity contribution is 5.76. The van der Waals surface area contributed by atoms with Crippen molar-refractivity contribution < 1.29 is 0 Å². The third kappa shape index (κ3) is 6.12. The molecule has 0 bridgehead atoms. The van der Waals surface area contributed by atoms with Crippen molar-refractivity contribution in [2.75, 3.05) is 10.2 Å². The third-order valence-corrected chi connectivity index (χ3v) is 5.12. The molecule has 0 saturated carbocycles. The second-order valence-corrected chi connectivity index (χ2v) is 7.52. The highest BCUT2D eigenvalue weighted by Gasteiger charge is 2.11. The van der Waals surface area contributed by atoms with Gasteiger partial charge in [-0.3, -0.25) is 0 Å². The van der Waals surface area contributed by atoms with Crippen LogP contribution in [0.3, 0.4) is 0 Å². The highest BCUT2D eigenvalue weighted by atomic mass is 15.1. The van der Waals surface area contributed by atoms with Crippen molar-refractivity contribution >= 4 is 28.4 Å².